The lowest BCUT2D eigenvalue weighted by molar-refractivity contribution is -0.384. The molecule has 0 radical (unpaired) electrons. The zero-order chi connectivity index (χ0) is 19.3. The fourth-order valence-corrected chi connectivity index (χ4v) is 3.46. The van der Waals surface area contributed by atoms with Crippen LogP contribution >= 0.6 is 0 Å². The molecular formula is C22H37N2O3+. The average Bonchev–Trinajstić information content (AvgIpc) is 2.66. The van der Waals surface area contributed by atoms with E-state index in [0.29, 0.717) is 6.61 Å². The van der Waals surface area contributed by atoms with Crippen molar-refractivity contribution in [2.45, 2.75) is 71.3 Å². The molecule has 5 heteroatoms. The third-order valence-corrected chi connectivity index (χ3v) is 4.91. The van der Waals surface area contributed by atoms with Crippen molar-refractivity contribution in [2.75, 3.05) is 26.2 Å². The summed E-state index contributed by atoms with van der Waals surface area (Å²) in [5, 5.41) is 10.2. The second-order valence-electron chi connectivity index (χ2n) is 7.48. The number of hydrogen-bond acceptors (Lipinski definition) is 3. The van der Waals surface area contributed by atoms with Crippen LogP contribution in [0.1, 0.15) is 65.2 Å². The van der Waals surface area contributed by atoms with Crippen molar-refractivity contribution in [1.82, 2.24) is 4.90 Å². The van der Waals surface area contributed by atoms with E-state index in [1.54, 1.807) is 0 Å². The Balaban J connectivity index is 1.81. The molecule has 0 aromatic heterocycles. The van der Waals surface area contributed by atoms with Crippen LogP contribution in [0.4, 0.5) is 5.69 Å². The van der Waals surface area contributed by atoms with E-state index in [-0.39, 0.29) is 12.2 Å². The van der Waals surface area contributed by atoms with Gasteiger partial charge in [-0.1, -0.05) is 51.2 Å². The molecule has 1 aliphatic rings. The third-order valence-electron chi connectivity index (χ3n) is 4.91. The Morgan fingerprint density at radius 2 is 1.85 bits per heavy atom. The van der Waals surface area contributed by atoms with Crippen LogP contribution in [-0.4, -0.2) is 48.4 Å². The molecule has 152 valence electrons. The van der Waals surface area contributed by atoms with Crippen LogP contribution in [-0.2, 0) is 4.74 Å². The first-order valence-corrected chi connectivity index (χ1v) is 10.6. The normalized spacial score (nSPS) is 16.9. The number of ether oxygens (including phenoxy) is 2. The van der Waals surface area contributed by atoms with E-state index in [1.807, 2.05) is 31.2 Å². The van der Waals surface area contributed by atoms with Crippen LogP contribution in [0.25, 0.3) is 0 Å². The van der Waals surface area contributed by atoms with Gasteiger partial charge in [0.25, 0.3) is 5.69 Å². The Morgan fingerprint density at radius 3 is 2.63 bits per heavy atom. The molecule has 0 amide bonds. The number of nitrogens with one attached hydrogen (secondary N) is 1. The summed E-state index contributed by atoms with van der Waals surface area (Å²) in [7, 11) is 0. The molecule has 5 nitrogen and oxygen atoms in total. The Labute approximate surface area is 164 Å². The average molecular weight is 378 g/mol. The summed E-state index contributed by atoms with van der Waals surface area (Å²) in [5.74, 6) is 0.742. The van der Waals surface area contributed by atoms with Gasteiger partial charge in [-0.05, 0) is 45.3 Å². The Kier molecular flexibility index (Phi) is 10.1. The maximum atomic E-state index is 10.2. The first-order valence-electron chi connectivity index (χ1n) is 10.6. The third kappa shape index (κ3) is 8.65. The van der Waals surface area contributed by atoms with Crippen LogP contribution in [0.3, 0.4) is 0 Å². The molecule has 1 atom stereocenters. The van der Waals surface area contributed by atoms with E-state index < -0.39 is 0 Å². The Hall–Kier alpha value is -1.75. The standard InChI is InChI=1S/C22H36N2O3/c1-3-4-5-6-12-17-26-21-14-9-8-13-20(21)23-22(25)27-19(2)18-24-15-10-7-11-16-24/h8-9,13-14,19H,3-7,10-12,15-18H2,1-2H3,(H,23,25)/p+1/t19-/m1/s1. The van der Waals surface area contributed by atoms with E-state index in [1.165, 1.54) is 44.9 Å². The lowest BCUT2D eigenvalue weighted by Gasteiger charge is -2.28. The van der Waals surface area contributed by atoms with Crippen LogP contribution in [0.5, 0.6) is 5.75 Å². The number of benzene rings is 1. The van der Waals surface area contributed by atoms with Gasteiger partial charge in [-0.3, -0.25) is 4.90 Å². The Morgan fingerprint density at radius 1 is 1.11 bits per heavy atom. The molecular weight excluding hydrogens is 340 g/mol. The van der Waals surface area contributed by atoms with Crippen molar-refractivity contribution in [3.8, 4) is 5.75 Å². The second-order valence-corrected chi connectivity index (χ2v) is 7.48. The van der Waals surface area contributed by atoms with Gasteiger partial charge in [-0.15, -0.1) is 4.99 Å². The van der Waals surface area contributed by atoms with Gasteiger partial charge in [-0.25, -0.2) is 0 Å². The van der Waals surface area contributed by atoms with Crippen molar-refractivity contribution in [3.63, 3.8) is 0 Å². The predicted molar refractivity (Wildman–Crippen MR) is 110 cm³/mol. The summed E-state index contributed by atoms with van der Waals surface area (Å²) in [6.07, 6.45) is 9.63. The number of aliphatic hydroxyl groups is 1. The minimum Gasteiger partial charge on any atom is -0.487 e. The lowest BCUT2D eigenvalue weighted by Crippen LogP contribution is -2.67. The molecule has 0 aliphatic carbocycles. The first-order chi connectivity index (χ1) is 13.2. The number of likely N-dealkylation sites (tertiary alicyclic amines) is 1. The summed E-state index contributed by atoms with van der Waals surface area (Å²) >= 11 is 0. The van der Waals surface area contributed by atoms with Crippen LogP contribution in [0.15, 0.2) is 24.3 Å². The number of piperidine rings is 1. The summed E-state index contributed by atoms with van der Waals surface area (Å²) in [4.78, 5) is 5.35. The minimum atomic E-state index is -0.168. The fourth-order valence-electron chi connectivity index (χ4n) is 3.46. The van der Waals surface area contributed by atoms with Gasteiger partial charge >= 0.3 is 6.08 Å². The number of rotatable bonds is 11. The molecule has 0 unspecified atom stereocenters. The van der Waals surface area contributed by atoms with E-state index in [2.05, 4.69) is 16.8 Å². The van der Waals surface area contributed by atoms with Gasteiger partial charge in [0.05, 0.1) is 6.61 Å². The highest BCUT2D eigenvalue weighted by Gasteiger charge is 2.18. The van der Waals surface area contributed by atoms with Gasteiger partial charge in [0.2, 0.25) is 0 Å². The SMILES string of the molecule is CCCCCCCOc1ccccc1[NH+]=C(O)O[C@H](C)CN1CCCCC1. The van der Waals surface area contributed by atoms with Crippen molar-refractivity contribution in [3.05, 3.63) is 24.3 Å². The molecule has 0 bridgehead atoms. The molecule has 1 aromatic carbocycles. The van der Waals surface area contributed by atoms with Gasteiger partial charge < -0.3 is 14.6 Å². The lowest BCUT2D eigenvalue weighted by atomic mass is 10.1. The highest BCUT2D eigenvalue weighted by Crippen LogP contribution is 2.19. The highest BCUT2D eigenvalue weighted by molar-refractivity contribution is 5.60. The van der Waals surface area contributed by atoms with Gasteiger partial charge in [-0.2, -0.15) is 0 Å². The van der Waals surface area contributed by atoms with Crippen molar-refractivity contribution in [1.29, 1.82) is 0 Å². The van der Waals surface area contributed by atoms with Crippen molar-refractivity contribution >= 4 is 11.8 Å². The zero-order valence-corrected chi connectivity index (χ0v) is 17.1. The highest BCUT2D eigenvalue weighted by atomic mass is 16.6. The number of aliphatic hydroxyl groups excluding tert-OH is 1. The largest absolute Gasteiger partial charge is 0.551 e. The molecule has 2 rings (SSSR count). The van der Waals surface area contributed by atoms with E-state index in [0.717, 1.165) is 37.5 Å². The van der Waals surface area contributed by atoms with Crippen LogP contribution < -0.4 is 9.73 Å². The smallest absolute Gasteiger partial charge is 0.487 e. The quantitative estimate of drug-likeness (QED) is 0.352. The fraction of sp³-hybridized carbons (Fsp3) is 0.682. The van der Waals surface area contributed by atoms with Gasteiger partial charge in [0.1, 0.15) is 6.10 Å². The molecule has 1 aliphatic heterocycles. The van der Waals surface area contributed by atoms with E-state index >= 15 is 0 Å². The van der Waals surface area contributed by atoms with E-state index in [9.17, 15) is 5.11 Å². The summed E-state index contributed by atoms with van der Waals surface area (Å²) in [6, 6.07) is 7.66. The van der Waals surface area contributed by atoms with Crippen molar-refractivity contribution in [2.24, 2.45) is 0 Å². The van der Waals surface area contributed by atoms with Crippen LogP contribution in [0.2, 0.25) is 0 Å². The van der Waals surface area contributed by atoms with Gasteiger partial charge in [0.15, 0.2) is 5.75 Å². The second kappa shape index (κ2) is 12.6. The maximum Gasteiger partial charge on any atom is 0.551 e. The van der Waals surface area contributed by atoms with Crippen LogP contribution in [0, 0.1) is 0 Å². The molecule has 1 saturated heterocycles. The molecule has 2 N–H and O–H groups in total. The number of unbranched alkanes of at least 4 members (excludes halogenated alkanes) is 4. The number of hydrogen-bond donors (Lipinski definition) is 2. The maximum absolute atomic E-state index is 10.2. The zero-order valence-electron chi connectivity index (χ0n) is 17.1. The molecule has 0 spiro atoms. The molecule has 27 heavy (non-hydrogen) atoms. The minimum absolute atomic E-state index is 0.0674. The van der Waals surface area contributed by atoms with E-state index in [4.69, 9.17) is 9.47 Å². The molecule has 1 heterocycles. The summed E-state index contributed by atoms with van der Waals surface area (Å²) in [5.41, 5.74) is 0.730. The first kappa shape index (κ1) is 21.5. The number of nitrogens with zero attached hydrogens (tertiary/aromatic N) is 1. The topological polar surface area (TPSA) is 55.9 Å². The van der Waals surface area contributed by atoms with Gasteiger partial charge in [0, 0.05) is 12.6 Å². The Bertz CT molecular complexity index is 556. The molecule has 1 fully saturated rings. The molecule has 1 aromatic rings. The predicted octanol–water partition coefficient (Wildman–Crippen LogP) is 3.55. The summed E-state index contributed by atoms with van der Waals surface area (Å²) in [6.45, 7) is 7.98. The van der Waals surface area contributed by atoms with Crippen molar-refractivity contribution < 1.29 is 19.6 Å². The number of para-hydroxylation sites is 2. The molecule has 0 saturated carbocycles. The summed E-state index contributed by atoms with van der Waals surface area (Å²) < 4.78 is 11.5. The monoisotopic (exact) mass is 377 g/mol.